The maximum atomic E-state index is 6.11. The highest BCUT2D eigenvalue weighted by atomic mass is 35.5. The minimum absolute atomic E-state index is 0.515. The molecule has 4 nitrogen and oxygen atoms in total. The minimum Gasteiger partial charge on any atom is -0.369 e. The van der Waals surface area contributed by atoms with Crippen molar-refractivity contribution in [2.75, 3.05) is 25.9 Å². The number of piperidine rings is 1. The van der Waals surface area contributed by atoms with E-state index in [9.17, 15) is 0 Å². The Balaban J connectivity index is 1.94. The topological polar surface area (TPSA) is 47.1 Å². The Bertz CT molecular complexity index is 638. The molecule has 0 amide bonds. The van der Waals surface area contributed by atoms with Crippen molar-refractivity contribution in [3.63, 3.8) is 0 Å². The Hall–Kier alpha value is -0.970. The number of rotatable bonds is 2. The van der Waals surface area contributed by atoms with Gasteiger partial charge in [0.2, 0.25) is 5.95 Å². The third kappa shape index (κ3) is 2.60. The van der Waals surface area contributed by atoms with Crippen molar-refractivity contribution in [3.05, 3.63) is 22.2 Å². The van der Waals surface area contributed by atoms with Gasteiger partial charge in [0.05, 0.1) is 21.1 Å². The Kier molecular flexibility index (Phi) is 3.80. The Morgan fingerprint density at radius 2 is 2.10 bits per heavy atom. The number of aromatic nitrogens is 2. The number of nitrogen functional groups attached to an aromatic ring is 1. The molecule has 1 aliphatic heterocycles. The molecule has 6 heteroatoms. The molecule has 1 aromatic heterocycles. The number of fused-ring (bicyclic) bond motifs is 1. The number of imidazole rings is 1. The van der Waals surface area contributed by atoms with Gasteiger partial charge >= 0.3 is 0 Å². The van der Waals surface area contributed by atoms with Crippen LogP contribution >= 0.6 is 23.2 Å². The van der Waals surface area contributed by atoms with E-state index in [-0.39, 0.29) is 0 Å². The van der Waals surface area contributed by atoms with E-state index in [1.807, 2.05) is 6.07 Å². The zero-order valence-corrected chi connectivity index (χ0v) is 13.0. The maximum absolute atomic E-state index is 6.11. The molecular weight excluding hydrogens is 295 g/mol. The van der Waals surface area contributed by atoms with E-state index < -0.39 is 0 Å². The first-order valence-corrected chi connectivity index (χ1v) is 7.59. The van der Waals surface area contributed by atoms with Gasteiger partial charge in [-0.1, -0.05) is 23.2 Å². The predicted molar refractivity (Wildman–Crippen MR) is 84.4 cm³/mol. The lowest BCUT2D eigenvalue weighted by atomic mass is 9.98. The van der Waals surface area contributed by atoms with Crippen LogP contribution in [0.5, 0.6) is 0 Å². The van der Waals surface area contributed by atoms with Gasteiger partial charge in [0.1, 0.15) is 0 Å². The molecule has 1 aromatic carbocycles. The molecule has 0 radical (unpaired) electrons. The van der Waals surface area contributed by atoms with Crippen molar-refractivity contribution in [1.82, 2.24) is 14.5 Å². The Morgan fingerprint density at radius 1 is 1.35 bits per heavy atom. The van der Waals surface area contributed by atoms with E-state index >= 15 is 0 Å². The summed E-state index contributed by atoms with van der Waals surface area (Å²) in [5, 5.41) is 1.06. The third-order valence-corrected chi connectivity index (χ3v) is 4.70. The smallest absolute Gasteiger partial charge is 0.201 e. The predicted octanol–water partition coefficient (Wildman–Crippen LogP) is 3.27. The summed E-state index contributed by atoms with van der Waals surface area (Å²) in [6.07, 6.45) is 2.46. The van der Waals surface area contributed by atoms with Crippen molar-refractivity contribution < 1.29 is 0 Å². The molecule has 0 spiro atoms. The molecule has 0 bridgehead atoms. The quantitative estimate of drug-likeness (QED) is 0.925. The number of hydrogen-bond donors (Lipinski definition) is 1. The van der Waals surface area contributed by atoms with Gasteiger partial charge in [-0.15, -0.1) is 0 Å². The molecule has 2 N–H and O–H groups in total. The second kappa shape index (κ2) is 5.43. The fraction of sp³-hybridized carbons (Fsp3) is 0.500. The van der Waals surface area contributed by atoms with Crippen LogP contribution in [-0.2, 0) is 6.54 Å². The van der Waals surface area contributed by atoms with Crippen LogP contribution in [0.2, 0.25) is 10.0 Å². The number of anilines is 1. The van der Waals surface area contributed by atoms with Crippen LogP contribution in [-0.4, -0.2) is 34.6 Å². The lowest BCUT2D eigenvalue weighted by molar-refractivity contribution is 0.196. The van der Waals surface area contributed by atoms with Gasteiger partial charge in [-0.05, 0) is 44.5 Å². The summed E-state index contributed by atoms with van der Waals surface area (Å²) in [7, 11) is 2.16. The number of nitrogens with zero attached hydrogens (tertiary/aromatic N) is 3. The molecule has 1 unspecified atom stereocenters. The summed E-state index contributed by atoms with van der Waals surface area (Å²) < 4.78 is 2.06. The van der Waals surface area contributed by atoms with Gasteiger partial charge in [0.25, 0.3) is 0 Å². The molecule has 1 aliphatic rings. The molecule has 2 aromatic rings. The normalized spacial score (nSPS) is 20.6. The highest BCUT2D eigenvalue weighted by molar-refractivity contribution is 6.42. The number of halogens is 2. The summed E-state index contributed by atoms with van der Waals surface area (Å²) in [5.74, 6) is 1.13. The maximum Gasteiger partial charge on any atom is 0.201 e. The Labute approximate surface area is 128 Å². The summed E-state index contributed by atoms with van der Waals surface area (Å²) in [4.78, 5) is 6.75. The highest BCUT2D eigenvalue weighted by Gasteiger charge is 2.20. The monoisotopic (exact) mass is 312 g/mol. The van der Waals surface area contributed by atoms with E-state index in [2.05, 4.69) is 21.5 Å². The van der Waals surface area contributed by atoms with E-state index in [1.54, 1.807) is 6.07 Å². The molecule has 1 saturated heterocycles. The first-order chi connectivity index (χ1) is 9.54. The van der Waals surface area contributed by atoms with Crippen LogP contribution in [0.4, 0.5) is 5.95 Å². The van der Waals surface area contributed by atoms with E-state index in [4.69, 9.17) is 28.9 Å². The van der Waals surface area contributed by atoms with E-state index in [0.29, 0.717) is 21.9 Å². The molecule has 20 heavy (non-hydrogen) atoms. The second-order valence-electron chi connectivity index (χ2n) is 5.61. The number of benzene rings is 1. The lowest BCUT2D eigenvalue weighted by Crippen LogP contribution is -2.34. The zero-order chi connectivity index (χ0) is 14.3. The van der Waals surface area contributed by atoms with Crippen LogP contribution in [0.15, 0.2) is 12.1 Å². The van der Waals surface area contributed by atoms with Crippen molar-refractivity contribution >= 4 is 40.2 Å². The highest BCUT2D eigenvalue weighted by Crippen LogP contribution is 2.30. The van der Waals surface area contributed by atoms with Gasteiger partial charge in [-0.3, -0.25) is 0 Å². The zero-order valence-electron chi connectivity index (χ0n) is 11.4. The van der Waals surface area contributed by atoms with Crippen LogP contribution in [0.3, 0.4) is 0 Å². The summed E-state index contributed by atoms with van der Waals surface area (Å²) in [6.45, 7) is 3.16. The van der Waals surface area contributed by atoms with Crippen LogP contribution < -0.4 is 5.73 Å². The minimum atomic E-state index is 0.515. The van der Waals surface area contributed by atoms with Crippen LogP contribution in [0.25, 0.3) is 11.0 Å². The summed E-state index contributed by atoms with van der Waals surface area (Å²) in [6, 6.07) is 3.63. The first kappa shape index (κ1) is 14.0. The molecule has 0 aliphatic carbocycles. The largest absolute Gasteiger partial charge is 0.369 e. The SMILES string of the molecule is CN1CCCC(Cn2c(N)nc3cc(Cl)c(Cl)cc32)C1. The molecule has 0 saturated carbocycles. The van der Waals surface area contributed by atoms with Gasteiger partial charge < -0.3 is 15.2 Å². The Morgan fingerprint density at radius 3 is 2.85 bits per heavy atom. The second-order valence-corrected chi connectivity index (χ2v) is 6.42. The van der Waals surface area contributed by atoms with E-state index in [1.165, 1.54) is 19.4 Å². The third-order valence-electron chi connectivity index (χ3n) is 3.98. The summed E-state index contributed by atoms with van der Waals surface area (Å²) in [5.41, 5.74) is 7.83. The average Bonchev–Trinajstić information content (AvgIpc) is 2.67. The number of hydrogen-bond acceptors (Lipinski definition) is 3. The fourth-order valence-electron chi connectivity index (χ4n) is 3.01. The van der Waals surface area contributed by atoms with Crippen molar-refractivity contribution in [2.45, 2.75) is 19.4 Å². The van der Waals surface area contributed by atoms with Gasteiger partial charge in [0.15, 0.2) is 0 Å². The number of likely N-dealkylation sites (tertiary alicyclic amines) is 1. The molecule has 3 rings (SSSR count). The van der Waals surface area contributed by atoms with Crippen molar-refractivity contribution in [1.29, 1.82) is 0 Å². The van der Waals surface area contributed by atoms with E-state index in [0.717, 1.165) is 24.1 Å². The van der Waals surface area contributed by atoms with Gasteiger partial charge in [-0.25, -0.2) is 4.98 Å². The summed E-state index contributed by atoms with van der Waals surface area (Å²) >= 11 is 12.1. The van der Waals surface area contributed by atoms with Crippen LogP contribution in [0, 0.1) is 5.92 Å². The van der Waals surface area contributed by atoms with Gasteiger partial charge in [0, 0.05) is 13.1 Å². The van der Waals surface area contributed by atoms with Crippen LogP contribution in [0.1, 0.15) is 12.8 Å². The average molecular weight is 313 g/mol. The molecular formula is C14H18Cl2N4. The lowest BCUT2D eigenvalue weighted by Gasteiger charge is -2.30. The number of nitrogens with two attached hydrogens (primary N) is 1. The first-order valence-electron chi connectivity index (χ1n) is 6.84. The standard InChI is InChI=1S/C14H18Cl2N4/c1-19-4-2-3-9(7-19)8-20-13-6-11(16)10(15)5-12(13)18-14(20)17/h5-6,9H,2-4,7-8H2,1H3,(H2,17,18). The molecule has 2 heterocycles. The van der Waals surface area contributed by atoms with Gasteiger partial charge in [-0.2, -0.15) is 0 Å². The molecule has 108 valence electrons. The van der Waals surface area contributed by atoms with Crippen molar-refractivity contribution in [2.24, 2.45) is 5.92 Å². The molecule has 1 fully saturated rings. The fourth-order valence-corrected chi connectivity index (χ4v) is 3.33. The van der Waals surface area contributed by atoms with Crippen molar-refractivity contribution in [3.8, 4) is 0 Å². The molecule has 1 atom stereocenters.